The zero-order valence-corrected chi connectivity index (χ0v) is 9.50. The van der Waals surface area contributed by atoms with Crippen molar-refractivity contribution in [2.45, 2.75) is 6.61 Å². The molecule has 0 saturated carbocycles. The number of carbonyl (C=O) groups is 1. The number of carbonyl (C=O) groups excluding carboxylic acids is 1. The number of hydrogen-bond donors (Lipinski definition) is 3. The molecular formula is C13H12N2O3. The number of aliphatic hydroxyl groups excluding tert-OH is 1. The molecule has 18 heavy (non-hydrogen) atoms. The van der Waals surface area contributed by atoms with Gasteiger partial charge in [0.25, 0.3) is 5.91 Å². The molecule has 1 aromatic heterocycles. The van der Waals surface area contributed by atoms with E-state index in [0.29, 0.717) is 11.3 Å². The van der Waals surface area contributed by atoms with E-state index >= 15 is 0 Å². The van der Waals surface area contributed by atoms with Crippen LogP contribution in [0.5, 0.6) is 5.75 Å². The average Bonchev–Trinajstić information content (AvgIpc) is 2.39. The molecule has 1 heterocycles. The number of nitrogens with zero attached hydrogens (tertiary/aromatic N) is 1. The molecule has 0 spiro atoms. The highest BCUT2D eigenvalue weighted by atomic mass is 16.3. The summed E-state index contributed by atoms with van der Waals surface area (Å²) < 4.78 is 0. The van der Waals surface area contributed by atoms with E-state index < -0.39 is 0 Å². The number of hydrogen-bond acceptors (Lipinski definition) is 4. The lowest BCUT2D eigenvalue weighted by molar-refractivity contribution is 0.102. The quantitative estimate of drug-likeness (QED) is 0.764. The number of aromatic hydroxyl groups is 1. The van der Waals surface area contributed by atoms with Gasteiger partial charge in [-0.1, -0.05) is 12.1 Å². The molecule has 5 heteroatoms. The predicted molar refractivity (Wildman–Crippen MR) is 66.2 cm³/mol. The standard InChI is InChI=1S/C13H12N2O3/c16-8-9-2-1-3-11(4-9)15-13(18)10-5-12(17)7-14-6-10/h1-7,16-17H,8H2,(H,15,18). The molecule has 0 atom stereocenters. The van der Waals surface area contributed by atoms with Gasteiger partial charge in [0.2, 0.25) is 0 Å². The van der Waals surface area contributed by atoms with Crippen molar-refractivity contribution in [3.63, 3.8) is 0 Å². The molecule has 0 aliphatic rings. The highest BCUT2D eigenvalue weighted by Gasteiger charge is 2.07. The number of anilines is 1. The second kappa shape index (κ2) is 5.29. The first-order valence-electron chi connectivity index (χ1n) is 5.34. The van der Waals surface area contributed by atoms with E-state index in [4.69, 9.17) is 5.11 Å². The van der Waals surface area contributed by atoms with Crippen LogP contribution in [0.4, 0.5) is 5.69 Å². The molecule has 5 nitrogen and oxygen atoms in total. The van der Waals surface area contributed by atoms with Gasteiger partial charge in [-0.3, -0.25) is 9.78 Å². The lowest BCUT2D eigenvalue weighted by atomic mass is 10.2. The van der Waals surface area contributed by atoms with Crippen LogP contribution in [0.3, 0.4) is 0 Å². The Balaban J connectivity index is 2.16. The molecule has 0 unspecified atom stereocenters. The molecule has 0 aliphatic carbocycles. The molecule has 1 aromatic carbocycles. The van der Waals surface area contributed by atoms with Crippen LogP contribution in [-0.2, 0) is 6.61 Å². The SMILES string of the molecule is O=C(Nc1cccc(CO)c1)c1cncc(O)c1. The van der Waals surface area contributed by atoms with Gasteiger partial charge < -0.3 is 15.5 Å². The monoisotopic (exact) mass is 244 g/mol. The molecule has 3 N–H and O–H groups in total. The first-order valence-corrected chi connectivity index (χ1v) is 5.34. The van der Waals surface area contributed by atoms with Crippen LogP contribution in [0, 0.1) is 0 Å². The maximum Gasteiger partial charge on any atom is 0.257 e. The van der Waals surface area contributed by atoms with Crippen LogP contribution in [0.2, 0.25) is 0 Å². The maximum absolute atomic E-state index is 11.8. The van der Waals surface area contributed by atoms with Gasteiger partial charge in [0.05, 0.1) is 18.4 Å². The predicted octanol–water partition coefficient (Wildman–Crippen LogP) is 1.53. The first kappa shape index (κ1) is 12.1. The fourth-order valence-corrected chi connectivity index (χ4v) is 1.50. The third kappa shape index (κ3) is 2.83. The smallest absolute Gasteiger partial charge is 0.257 e. The van der Waals surface area contributed by atoms with Gasteiger partial charge in [0.15, 0.2) is 0 Å². The minimum Gasteiger partial charge on any atom is -0.506 e. The second-order valence-corrected chi connectivity index (χ2v) is 3.74. The molecule has 0 fully saturated rings. The maximum atomic E-state index is 11.8. The summed E-state index contributed by atoms with van der Waals surface area (Å²) in [6.45, 7) is -0.0859. The molecule has 0 radical (unpaired) electrons. The molecule has 92 valence electrons. The topological polar surface area (TPSA) is 82.5 Å². The summed E-state index contributed by atoms with van der Waals surface area (Å²) in [4.78, 5) is 15.6. The van der Waals surface area contributed by atoms with Gasteiger partial charge in [0.1, 0.15) is 5.75 Å². The van der Waals surface area contributed by atoms with Gasteiger partial charge in [-0.2, -0.15) is 0 Å². The number of aromatic nitrogens is 1. The number of rotatable bonds is 3. The first-order chi connectivity index (χ1) is 8.69. The van der Waals surface area contributed by atoms with E-state index in [-0.39, 0.29) is 23.8 Å². The molecule has 0 saturated heterocycles. The highest BCUT2D eigenvalue weighted by molar-refractivity contribution is 6.04. The van der Waals surface area contributed by atoms with Crippen LogP contribution in [-0.4, -0.2) is 21.1 Å². The number of aliphatic hydroxyl groups is 1. The Kier molecular flexibility index (Phi) is 3.54. The van der Waals surface area contributed by atoms with E-state index in [0.717, 1.165) is 0 Å². The third-order valence-electron chi connectivity index (χ3n) is 2.35. The van der Waals surface area contributed by atoms with Crippen LogP contribution in [0.25, 0.3) is 0 Å². The van der Waals surface area contributed by atoms with Crippen molar-refractivity contribution < 1.29 is 15.0 Å². The highest BCUT2D eigenvalue weighted by Crippen LogP contribution is 2.14. The van der Waals surface area contributed by atoms with Gasteiger partial charge in [0, 0.05) is 11.9 Å². The number of benzene rings is 1. The van der Waals surface area contributed by atoms with Crippen LogP contribution in [0.1, 0.15) is 15.9 Å². The van der Waals surface area contributed by atoms with Gasteiger partial charge >= 0.3 is 0 Å². The molecule has 0 aliphatic heterocycles. The van der Waals surface area contributed by atoms with E-state index in [1.165, 1.54) is 18.5 Å². The third-order valence-corrected chi connectivity index (χ3v) is 2.35. The summed E-state index contributed by atoms with van der Waals surface area (Å²) in [7, 11) is 0. The van der Waals surface area contributed by atoms with Crippen molar-refractivity contribution in [3.8, 4) is 5.75 Å². The lowest BCUT2D eigenvalue weighted by Crippen LogP contribution is -2.12. The average molecular weight is 244 g/mol. The fraction of sp³-hybridized carbons (Fsp3) is 0.0769. The largest absolute Gasteiger partial charge is 0.506 e. The Morgan fingerprint density at radius 1 is 1.28 bits per heavy atom. The van der Waals surface area contributed by atoms with Crippen LogP contribution < -0.4 is 5.32 Å². The van der Waals surface area contributed by atoms with Crippen molar-refractivity contribution in [3.05, 3.63) is 53.9 Å². The summed E-state index contributed by atoms with van der Waals surface area (Å²) in [5.74, 6) is -0.430. The Morgan fingerprint density at radius 3 is 2.83 bits per heavy atom. The summed E-state index contributed by atoms with van der Waals surface area (Å²) in [5, 5.41) is 20.9. The van der Waals surface area contributed by atoms with E-state index in [1.807, 2.05) is 0 Å². The van der Waals surface area contributed by atoms with E-state index in [1.54, 1.807) is 24.3 Å². The Hall–Kier alpha value is -2.40. The zero-order valence-electron chi connectivity index (χ0n) is 9.50. The lowest BCUT2D eigenvalue weighted by Gasteiger charge is -2.06. The Bertz CT molecular complexity index is 570. The Labute approximate surface area is 104 Å². The van der Waals surface area contributed by atoms with E-state index in [9.17, 15) is 9.90 Å². The van der Waals surface area contributed by atoms with Crippen molar-refractivity contribution >= 4 is 11.6 Å². The van der Waals surface area contributed by atoms with Gasteiger partial charge in [-0.05, 0) is 23.8 Å². The number of pyridine rings is 1. The fourth-order valence-electron chi connectivity index (χ4n) is 1.50. The normalized spacial score (nSPS) is 10.1. The van der Waals surface area contributed by atoms with Crippen LogP contribution >= 0.6 is 0 Å². The summed E-state index contributed by atoms with van der Waals surface area (Å²) in [6.07, 6.45) is 2.62. The van der Waals surface area contributed by atoms with E-state index in [2.05, 4.69) is 10.3 Å². The second-order valence-electron chi connectivity index (χ2n) is 3.74. The summed E-state index contributed by atoms with van der Waals surface area (Å²) in [5.41, 5.74) is 1.56. The molecular weight excluding hydrogens is 232 g/mol. The van der Waals surface area contributed by atoms with Gasteiger partial charge in [-0.15, -0.1) is 0 Å². The van der Waals surface area contributed by atoms with Crippen LogP contribution in [0.15, 0.2) is 42.7 Å². The van der Waals surface area contributed by atoms with Crippen molar-refractivity contribution in [1.29, 1.82) is 0 Å². The molecule has 0 bridgehead atoms. The van der Waals surface area contributed by atoms with Crippen molar-refractivity contribution in [2.75, 3.05) is 5.32 Å². The number of amides is 1. The summed E-state index contributed by atoms with van der Waals surface area (Å²) >= 11 is 0. The number of nitrogens with one attached hydrogen (secondary N) is 1. The zero-order chi connectivity index (χ0) is 13.0. The minimum atomic E-state index is -0.367. The van der Waals surface area contributed by atoms with Crippen molar-refractivity contribution in [1.82, 2.24) is 4.98 Å². The summed E-state index contributed by atoms with van der Waals surface area (Å²) in [6, 6.07) is 8.22. The molecule has 2 rings (SSSR count). The van der Waals surface area contributed by atoms with Crippen molar-refractivity contribution in [2.24, 2.45) is 0 Å². The molecule has 1 amide bonds. The van der Waals surface area contributed by atoms with Gasteiger partial charge in [-0.25, -0.2) is 0 Å². The Morgan fingerprint density at radius 2 is 2.11 bits per heavy atom. The molecule has 2 aromatic rings. The minimum absolute atomic E-state index is 0.0632.